The van der Waals surface area contributed by atoms with Gasteiger partial charge >= 0.3 is 5.97 Å². The molecule has 0 unspecified atom stereocenters. The van der Waals surface area contributed by atoms with Gasteiger partial charge in [0.2, 0.25) is 0 Å². The number of amides is 1. The molecule has 0 aromatic heterocycles. The molecule has 1 aromatic carbocycles. The first-order chi connectivity index (χ1) is 13.6. The van der Waals surface area contributed by atoms with Crippen molar-refractivity contribution in [1.82, 2.24) is 9.79 Å². The quantitative estimate of drug-likeness (QED) is 0.530. The highest BCUT2D eigenvalue weighted by atomic mass is 32.2. The lowest BCUT2D eigenvalue weighted by Crippen LogP contribution is -2.47. The Balaban J connectivity index is 2.04. The number of nitrogens with zero attached hydrogens (tertiary/aromatic N) is 1. The molecule has 0 heterocycles. The van der Waals surface area contributed by atoms with E-state index < -0.39 is 22.1 Å². The van der Waals surface area contributed by atoms with E-state index in [0.717, 1.165) is 19.3 Å². The van der Waals surface area contributed by atoms with Crippen molar-refractivity contribution in [3.63, 3.8) is 0 Å². The van der Waals surface area contributed by atoms with E-state index in [1.165, 1.54) is 45.3 Å². The number of rotatable bonds is 7. The molecule has 1 aliphatic rings. The molecule has 162 valence electrons. The van der Waals surface area contributed by atoms with E-state index in [1.807, 2.05) is 0 Å². The molecule has 0 radical (unpaired) electrons. The normalized spacial score (nSPS) is 23.4. The predicted octanol–water partition coefficient (Wildman–Crippen LogP) is 2.35. The minimum absolute atomic E-state index is 0.0369. The Labute approximate surface area is 172 Å². The van der Waals surface area contributed by atoms with Gasteiger partial charge in [-0.3, -0.25) is 9.63 Å². The maximum absolute atomic E-state index is 12.5. The lowest BCUT2D eigenvalue weighted by atomic mass is 9.78. The van der Waals surface area contributed by atoms with E-state index in [2.05, 4.69) is 19.2 Å². The zero-order valence-electron chi connectivity index (χ0n) is 17.5. The second-order valence-electron chi connectivity index (χ2n) is 7.56. The van der Waals surface area contributed by atoms with Crippen molar-refractivity contribution in [3.05, 3.63) is 29.8 Å². The number of nitrogens with one attached hydrogen (secondary N) is 1. The molecule has 0 spiro atoms. The average molecular weight is 427 g/mol. The van der Waals surface area contributed by atoms with Gasteiger partial charge in [-0.25, -0.2) is 13.2 Å². The molecule has 0 aliphatic heterocycles. The second kappa shape index (κ2) is 9.69. The molecule has 29 heavy (non-hydrogen) atoms. The number of sulfonamides is 1. The third kappa shape index (κ3) is 5.55. The average Bonchev–Trinajstić information content (AvgIpc) is 2.70. The maximum Gasteiger partial charge on any atom is 0.338 e. The first-order valence-corrected chi connectivity index (χ1v) is 11.2. The summed E-state index contributed by atoms with van der Waals surface area (Å²) in [5.74, 6) is -0.237. The molecule has 0 bridgehead atoms. The zero-order chi connectivity index (χ0) is 21.8. The van der Waals surface area contributed by atoms with Crippen LogP contribution >= 0.6 is 0 Å². The Bertz CT molecular complexity index is 841. The summed E-state index contributed by atoms with van der Waals surface area (Å²) < 4.78 is 30.6. The molecule has 2 rings (SSSR count). The zero-order valence-corrected chi connectivity index (χ0v) is 18.4. The highest BCUT2D eigenvalue weighted by Crippen LogP contribution is 2.29. The lowest BCUT2D eigenvalue weighted by molar-refractivity contribution is -0.130. The molecule has 1 saturated carbocycles. The van der Waals surface area contributed by atoms with Gasteiger partial charge in [0.25, 0.3) is 15.9 Å². The van der Waals surface area contributed by atoms with E-state index in [0.29, 0.717) is 16.3 Å². The smallest absolute Gasteiger partial charge is 0.338 e. The molecule has 1 fully saturated rings. The van der Waals surface area contributed by atoms with E-state index in [9.17, 15) is 18.0 Å². The Kier molecular flexibility index (Phi) is 7.79. The van der Waals surface area contributed by atoms with Gasteiger partial charge in [-0.2, -0.15) is 0 Å². The van der Waals surface area contributed by atoms with Gasteiger partial charge in [0.1, 0.15) is 0 Å². The van der Waals surface area contributed by atoms with E-state index in [4.69, 9.17) is 9.57 Å². The van der Waals surface area contributed by atoms with Crippen molar-refractivity contribution >= 4 is 21.9 Å². The molecule has 1 amide bonds. The van der Waals surface area contributed by atoms with Gasteiger partial charge in [-0.1, -0.05) is 37.2 Å². The summed E-state index contributed by atoms with van der Waals surface area (Å²) in [6, 6.07) is 5.48. The number of hydroxylamine groups is 1. The van der Waals surface area contributed by atoms with Crippen LogP contribution < -0.4 is 5.32 Å². The molecule has 9 heteroatoms. The molecular weight excluding hydrogens is 396 g/mol. The van der Waals surface area contributed by atoms with Crippen molar-refractivity contribution in [1.29, 1.82) is 0 Å². The van der Waals surface area contributed by atoms with Crippen molar-refractivity contribution in [2.45, 2.75) is 57.1 Å². The van der Waals surface area contributed by atoms with Crippen LogP contribution in [0.3, 0.4) is 0 Å². The number of hydrogen-bond donors (Lipinski definition) is 1. The van der Waals surface area contributed by atoms with Crippen molar-refractivity contribution < 1.29 is 27.6 Å². The Hall–Kier alpha value is -1.97. The number of esters is 1. The van der Waals surface area contributed by atoms with Gasteiger partial charge in [0.05, 0.1) is 17.6 Å². The van der Waals surface area contributed by atoms with E-state index in [1.54, 1.807) is 0 Å². The van der Waals surface area contributed by atoms with Gasteiger partial charge in [0.15, 0.2) is 6.10 Å². The number of hydrogen-bond acceptors (Lipinski definition) is 6. The maximum atomic E-state index is 12.5. The van der Waals surface area contributed by atoms with Gasteiger partial charge in [-0.15, -0.1) is 0 Å². The van der Waals surface area contributed by atoms with E-state index >= 15 is 0 Å². The van der Waals surface area contributed by atoms with Crippen molar-refractivity contribution in [2.75, 3.05) is 14.2 Å². The molecule has 4 atom stereocenters. The Morgan fingerprint density at radius 2 is 1.93 bits per heavy atom. The van der Waals surface area contributed by atoms with Crippen LogP contribution in [0.5, 0.6) is 0 Å². The highest BCUT2D eigenvalue weighted by Gasteiger charge is 2.30. The van der Waals surface area contributed by atoms with Crippen molar-refractivity contribution in [2.24, 2.45) is 11.8 Å². The first kappa shape index (κ1) is 23.3. The van der Waals surface area contributed by atoms with Crippen LogP contribution in [0.2, 0.25) is 0 Å². The number of ether oxygens (including phenoxy) is 1. The molecule has 1 aromatic rings. The highest BCUT2D eigenvalue weighted by molar-refractivity contribution is 7.89. The number of carbonyl (C=O) groups is 2. The SMILES string of the molecule is CON(C)S(=O)(=O)c1cccc(C(=O)O[C@H](C)C(=O)N[C@H]2CCC[C@@H](C)[C@H]2C)c1. The predicted molar refractivity (Wildman–Crippen MR) is 107 cm³/mol. The fourth-order valence-corrected chi connectivity index (χ4v) is 4.42. The van der Waals surface area contributed by atoms with Gasteiger partial charge in [-0.05, 0) is 43.4 Å². The fourth-order valence-electron chi connectivity index (χ4n) is 3.40. The minimum Gasteiger partial charge on any atom is -0.449 e. The Morgan fingerprint density at radius 1 is 1.24 bits per heavy atom. The summed E-state index contributed by atoms with van der Waals surface area (Å²) in [4.78, 5) is 29.5. The van der Waals surface area contributed by atoms with Crippen LogP contribution in [0.25, 0.3) is 0 Å². The van der Waals surface area contributed by atoms with Gasteiger partial charge < -0.3 is 10.1 Å². The second-order valence-corrected chi connectivity index (χ2v) is 9.49. The van der Waals surface area contributed by atoms with Crippen LogP contribution in [-0.2, 0) is 24.4 Å². The standard InChI is InChI=1S/C20H30N2O6S/c1-13-8-6-11-18(14(13)2)21-19(23)15(3)28-20(24)16-9-7-10-17(12-16)29(25,26)22(4)27-5/h7,9-10,12-15,18H,6,8,11H2,1-5H3,(H,21,23)/t13-,14-,15-,18+/m1/s1. The first-order valence-electron chi connectivity index (χ1n) is 9.72. The third-order valence-electron chi connectivity index (χ3n) is 5.65. The number of benzene rings is 1. The fraction of sp³-hybridized carbons (Fsp3) is 0.600. The van der Waals surface area contributed by atoms with Crippen LogP contribution in [-0.4, -0.2) is 51.1 Å². The lowest BCUT2D eigenvalue weighted by Gasteiger charge is -2.35. The molecular formula is C20H30N2O6S. The van der Waals surface area contributed by atoms with Crippen molar-refractivity contribution in [3.8, 4) is 0 Å². The van der Waals surface area contributed by atoms with E-state index in [-0.39, 0.29) is 22.4 Å². The van der Waals surface area contributed by atoms with Crippen LogP contribution in [0.4, 0.5) is 0 Å². The van der Waals surface area contributed by atoms with Crippen LogP contribution in [0, 0.1) is 11.8 Å². The summed E-state index contributed by atoms with van der Waals surface area (Å²) in [5, 5.41) is 2.98. The summed E-state index contributed by atoms with van der Waals surface area (Å²) in [5.41, 5.74) is 0.0369. The monoisotopic (exact) mass is 426 g/mol. The largest absolute Gasteiger partial charge is 0.449 e. The van der Waals surface area contributed by atoms with Gasteiger partial charge in [0, 0.05) is 13.1 Å². The summed E-state index contributed by atoms with van der Waals surface area (Å²) in [7, 11) is -1.42. The molecule has 8 nitrogen and oxygen atoms in total. The third-order valence-corrected chi connectivity index (χ3v) is 7.33. The topological polar surface area (TPSA) is 102 Å². The number of carbonyl (C=O) groups excluding carboxylic acids is 2. The summed E-state index contributed by atoms with van der Waals surface area (Å²) in [6.45, 7) is 5.80. The minimum atomic E-state index is -3.90. The molecule has 0 saturated heterocycles. The molecule has 1 N–H and O–H groups in total. The van der Waals surface area contributed by atoms with Crippen LogP contribution in [0.15, 0.2) is 29.2 Å². The summed E-state index contributed by atoms with van der Waals surface area (Å²) in [6.07, 6.45) is 2.12. The summed E-state index contributed by atoms with van der Waals surface area (Å²) >= 11 is 0. The Morgan fingerprint density at radius 3 is 2.59 bits per heavy atom. The molecule has 1 aliphatic carbocycles. The van der Waals surface area contributed by atoms with Crippen LogP contribution in [0.1, 0.15) is 50.4 Å².